The molecule has 19 heavy (non-hydrogen) atoms. The Morgan fingerprint density at radius 3 is 1.95 bits per heavy atom. The van der Waals surface area contributed by atoms with Crippen molar-refractivity contribution < 1.29 is 0 Å². The van der Waals surface area contributed by atoms with Crippen molar-refractivity contribution in [2.24, 2.45) is 0 Å². The predicted molar refractivity (Wildman–Crippen MR) is 80.4 cm³/mol. The number of hydrogen-bond acceptors (Lipinski definition) is 1. The maximum atomic E-state index is 3.63. The number of rotatable bonds is 4. The fraction of sp³-hybridized carbons (Fsp3) is 0.333. The third-order valence-electron chi connectivity index (χ3n) is 4.09. The molecule has 0 spiro atoms. The Hall–Kier alpha value is -1.60. The molecular formula is C18H21N. The lowest BCUT2D eigenvalue weighted by Gasteiger charge is -2.22. The summed E-state index contributed by atoms with van der Waals surface area (Å²) in [6.07, 6.45) is 3.84. The number of nitrogens with one attached hydrogen (secondary N) is 1. The molecule has 98 valence electrons. The molecule has 0 aliphatic carbocycles. The summed E-state index contributed by atoms with van der Waals surface area (Å²) in [5.74, 6) is 0.512. The van der Waals surface area contributed by atoms with Gasteiger partial charge in [0.1, 0.15) is 0 Å². The van der Waals surface area contributed by atoms with Gasteiger partial charge in [0.2, 0.25) is 0 Å². The Balaban J connectivity index is 1.87. The average molecular weight is 251 g/mol. The van der Waals surface area contributed by atoms with Gasteiger partial charge in [-0.25, -0.2) is 0 Å². The molecule has 2 aromatic carbocycles. The normalized spacial score (nSPS) is 18.9. The van der Waals surface area contributed by atoms with Gasteiger partial charge in [0, 0.05) is 12.0 Å². The van der Waals surface area contributed by atoms with Gasteiger partial charge in [-0.1, -0.05) is 60.7 Å². The van der Waals surface area contributed by atoms with E-state index >= 15 is 0 Å². The standard InChI is InChI=1S/C18H21N/c1-3-8-15(9-4-1)18(14-17-12-7-13-19-17)16-10-5-2-6-11-16/h1-6,8-11,17-19H,7,12-14H2. The molecular weight excluding hydrogens is 230 g/mol. The molecule has 3 rings (SSSR count). The van der Waals surface area contributed by atoms with E-state index in [1.54, 1.807) is 0 Å². The van der Waals surface area contributed by atoms with E-state index in [4.69, 9.17) is 0 Å². The highest BCUT2D eigenvalue weighted by molar-refractivity contribution is 5.32. The molecule has 1 N–H and O–H groups in total. The van der Waals surface area contributed by atoms with Crippen LogP contribution in [0, 0.1) is 0 Å². The van der Waals surface area contributed by atoms with Crippen LogP contribution in [0.1, 0.15) is 36.3 Å². The molecule has 0 radical (unpaired) electrons. The molecule has 1 unspecified atom stereocenters. The second-order valence-electron chi connectivity index (χ2n) is 5.40. The van der Waals surface area contributed by atoms with Gasteiger partial charge < -0.3 is 5.32 Å². The molecule has 1 fully saturated rings. The summed E-state index contributed by atoms with van der Waals surface area (Å²) in [6.45, 7) is 1.18. The van der Waals surface area contributed by atoms with E-state index in [1.807, 2.05) is 0 Å². The molecule has 1 saturated heterocycles. The van der Waals surface area contributed by atoms with Crippen LogP contribution in [0.2, 0.25) is 0 Å². The largest absolute Gasteiger partial charge is 0.314 e. The molecule has 1 nitrogen and oxygen atoms in total. The number of benzene rings is 2. The smallest absolute Gasteiger partial charge is 0.0104 e. The van der Waals surface area contributed by atoms with Crippen LogP contribution in [0.3, 0.4) is 0 Å². The van der Waals surface area contributed by atoms with E-state index in [0.29, 0.717) is 12.0 Å². The molecule has 1 heteroatoms. The molecule has 1 heterocycles. The number of hydrogen-bond donors (Lipinski definition) is 1. The van der Waals surface area contributed by atoms with Crippen molar-refractivity contribution in [1.82, 2.24) is 5.32 Å². The summed E-state index contributed by atoms with van der Waals surface area (Å²) in [5, 5.41) is 3.63. The highest BCUT2D eigenvalue weighted by atomic mass is 14.9. The molecule has 1 atom stereocenters. The molecule has 0 aromatic heterocycles. The first kappa shape index (κ1) is 12.4. The average Bonchev–Trinajstić information content (AvgIpc) is 3.00. The van der Waals surface area contributed by atoms with Gasteiger partial charge in [0.15, 0.2) is 0 Å². The van der Waals surface area contributed by atoms with Gasteiger partial charge in [-0.05, 0) is 36.9 Å². The van der Waals surface area contributed by atoms with Crippen LogP contribution in [0.25, 0.3) is 0 Å². The lowest BCUT2D eigenvalue weighted by atomic mass is 9.85. The van der Waals surface area contributed by atoms with Crippen molar-refractivity contribution in [3.8, 4) is 0 Å². The van der Waals surface area contributed by atoms with Crippen LogP contribution >= 0.6 is 0 Å². The van der Waals surface area contributed by atoms with E-state index in [1.165, 1.54) is 36.9 Å². The molecule has 1 aliphatic rings. The van der Waals surface area contributed by atoms with Gasteiger partial charge in [-0.3, -0.25) is 0 Å². The first-order valence-corrected chi connectivity index (χ1v) is 7.27. The van der Waals surface area contributed by atoms with E-state index in [2.05, 4.69) is 66.0 Å². The van der Waals surface area contributed by atoms with Crippen molar-refractivity contribution in [2.45, 2.75) is 31.2 Å². The second-order valence-corrected chi connectivity index (χ2v) is 5.40. The van der Waals surface area contributed by atoms with Crippen LogP contribution in [-0.4, -0.2) is 12.6 Å². The third-order valence-corrected chi connectivity index (χ3v) is 4.09. The van der Waals surface area contributed by atoms with Crippen LogP contribution in [0.5, 0.6) is 0 Å². The third kappa shape index (κ3) is 3.05. The Morgan fingerprint density at radius 1 is 0.895 bits per heavy atom. The lowest BCUT2D eigenvalue weighted by molar-refractivity contribution is 0.525. The first-order valence-electron chi connectivity index (χ1n) is 7.27. The molecule has 2 aromatic rings. The van der Waals surface area contributed by atoms with Gasteiger partial charge in [-0.15, -0.1) is 0 Å². The van der Waals surface area contributed by atoms with E-state index < -0.39 is 0 Å². The van der Waals surface area contributed by atoms with Crippen LogP contribution in [0.4, 0.5) is 0 Å². The van der Waals surface area contributed by atoms with E-state index in [9.17, 15) is 0 Å². The zero-order valence-electron chi connectivity index (χ0n) is 11.3. The maximum Gasteiger partial charge on any atom is 0.0104 e. The van der Waals surface area contributed by atoms with E-state index in [-0.39, 0.29) is 0 Å². The second kappa shape index (κ2) is 6.03. The quantitative estimate of drug-likeness (QED) is 0.867. The topological polar surface area (TPSA) is 12.0 Å². The minimum atomic E-state index is 0.512. The van der Waals surface area contributed by atoms with Crippen molar-refractivity contribution in [3.63, 3.8) is 0 Å². The summed E-state index contributed by atoms with van der Waals surface area (Å²) in [7, 11) is 0. The van der Waals surface area contributed by atoms with E-state index in [0.717, 1.165) is 0 Å². The van der Waals surface area contributed by atoms with Crippen molar-refractivity contribution in [3.05, 3.63) is 71.8 Å². The molecule has 0 bridgehead atoms. The van der Waals surface area contributed by atoms with Crippen LogP contribution < -0.4 is 5.32 Å². The van der Waals surface area contributed by atoms with Gasteiger partial charge in [0.05, 0.1) is 0 Å². The van der Waals surface area contributed by atoms with Crippen LogP contribution in [0.15, 0.2) is 60.7 Å². The van der Waals surface area contributed by atoms with Gasteiger partial charge >= 0.3 is 0 Å². The van der Waals surface area contributed by atoms with Crippen molar-refractivity contribution in [2.75, 3.05) is 6.54 Å². The lowest BCUT2D eigenvalue weighted by Crippen LogP contribution is -2.24. The van der Waals surface area contributed by atoms with Gasteiger partial charge in [-0.2, -0.15) is 0 Å². The highest BCUT2D eigenvalue weighted by Gasteiger charge is 2.21. The Bertz CT molecular complexity index is 446. The zero-order valence-corrected chi connectivity index (χ0v) is 11.3. The molecule has 1 aliphatic heterocycles. The fourth-order valence-electron chi connectivity index (χ4n) is 3.08. The maximum absolute atomic E-state index is 3.63. The zero-order chi connectivity index (χ0) is 12.9. The Kier molecular flexibility index (Phi) is 3.95. The minimum absolute atomic E-state index is 0.512. The van der Waals surface area contributed by atoms with Gasteiger partial charge in [0.25, 0.3) is 0 Å². The molecule has 0 amide bonds. The summed E-state index contributed by atoms with van der Waals surface area (Å²) >= 11 is 0. The SMILES string of the molecule is c1ccc(C(CC2CCCN2)c2ccccc2)cc1. The Labute approximate surface area is 115 Å². The monoisotopic (exact) mass is 251 g/mol. The highest BCUT2D eigenvalue weighted by Crippen LogP contribution is 2.30. The summed E-state index contributed by atoms with van der Waals surface area (Å²) in [4.78, 5) is 0. The van der Waals surface area contributed by atoms with Crippen molar-refractivity contribution >= 4 is 0 Å². The summed E-state index contributed by atoms with van der Waals surface area (Å²) < 4.78 is 0. The van der Waals surface area contributed by atoms with Crippen molar-refractivity contribution in [1.29, 1.82) is 0 Å². The summed E-state index contributed by atoms with van der Waals surface area (Å²) in [6, 6.07) is 22.5. The summed E-state index contributed by atoms with van der Waals surface area (Å²) in [5.41, 5.74) is 2.87. The fourth-order valence-corrected chi connectivity index (χ4v) is 3.08. The van der Waals surface area contributed by atoms with Crippen LogP contribution in [-0.2, 0) is 0 Å². The predicted octanol–water partition coefficient (Wildman–Crippen LogP) is 3.96. The first-order chi connectivity index (χ1) is 9.43. The Morgan fingerprint density at radius 2 is 1.47 bits per heavy atom. The molecule has 0 saturated carbocycles. The minimum Gasteiger partial charge on any atom is -0.314 e.